The van der Waals surface area contributed by atoms with Crippen molar-refractivity contribution in [2.75, 3.05) is 11.9 Å². The highest BCUT2D eigenvalue weighted by Crippen LogP contribution is 2.43. The van der Waals surface area contributed by atoms with Gasteiger partial charge in [0, 0.05) is 10.8 Å². The summed E-state index contributed by atoms with van der Waals surface area (Å²) in [6, 6.07) is 10.5. The maximum atomic E-state index is 12.6. The molecule has 4 nitrogen and oxygen atoms in total. The maximum absolute atomic E-state index is 12.6. The van der Waals surface area contributed by atoms with E-state index in [-0.39, 0.29) is 17.8 Å². The smallest absolute Gasteiger partial charge is 0.341 e. The minimum Gasteiger partial charge on any atom is -0.462 e. The van der Waals surface area contributed by atoms with Crippen molar-refractivity contribution in [1.29, 1.82) is 0 Å². The first-order valence-electron chi connectivity index (χ1n) is 9.72. The molecular formula is C22H27NO3S. The third kappa shape index (κ3) is 4.24. The minimum atomic E-state index is -0.326. The first-order valence-corrected chi connectivity index (χ1v) is 10.5. The van der Waals surface area contributed by atoms with E-state index in [1.54, 1.807) is 6.92 Å². The fourth-order valence-electron chi connectivity index (χ4n) is 3.52. The molecule has 1 heterocycles. The quantitative estimate of drug-likeness (QED) is 0.697. The van der Waals surface area contributed by atoms with Crippen LogP contribution in [0.2, 0.25) is 0 Å². The Hall–Kier alpha value is -2.14. The molecule has 1 amide bonds. The number of esters is 1. The van der Waals surface area contributed by atoms with Crippen molar-refractivity contribution in [2.24, 2.45) is 5.92 Å². The molecule has 27 heavy (non-hydrogen) atoms. The Labute approximate surface area is 164 Å². The summed E-state index contributed by atoms with van der Waals surface area (Å²) in [5, 5.41) is 3.64. The molecule has 1 aliphatic rings. The van der Waals surface area contributed by atoms with E-state index in [1.165, 1.54) is 21.8 Å². The number of carbonyl (C=O) groups excluding carboxylic acids is 2. The molecule has 1 N–H and O–H groups in total. The molecule has 1 aromatic heterocycles. The summed E-state index contributed by atoms with van der Waals surface area (Å²) >= 11 is 1.54. The molecule has 0 saturated carbocycles. The van der Waals surface area contributed by atoms with Crippen LogP contribution in [-0.2, 0) is 22.4 Å². The van der Waals surface area contributed by atoms with E-state index in [9.17, 15) is 9.59 Å². The van der Waals surface area contributed by atoms with Gasteiger partial charge in [0.1, 0.15) is 5.00 Å². The lowest BCUT2D eigenvalue weighted by atomic mass is 9.83. The number of rotatable bonds is 6. The average molecular weight is 386 g/mol. The van der Waals surface area contributed by atoms with Crippen molar-refractivity contribution in [3.8, 4) is 0 Å². The van der Waals surface area contributed by atoms with Crippen molar-refractivity contribution in [3.63, 3.8) is 0 Å². The molecule has 1 aromatic carbocycles. The van der Waals surface area contributed by atoms with Crippen molar-refractivity contribution >= 4 is 28.2 Å². The Morgan fingerprint density at radius 2 is 2.00 bits per heavy atom. The standard InChI is InChI=1S/C22H27NO3S/c1-4-14(3)20(24)23-21-19(22(25)26-5-2)17-12-11-16(13-18(17)27-21)15-9-7-6-8-10-15/h6-10,14,16H,4-5,11-13H2,1-3H3,(H,23,24)/t14-,16-/m1/s1. The zero-order valence-corrected chi connectivity index (χ0v) is 17.0. The number of hydrogen-bond acceptors (Lipinski definition) is 4. The van der Waals surface area contributed by atoms with E-state index in [4.69, 9.17) is 4.74 Å². The molecule has 0 spiro atoms. The number of hydrogen-bond donors (Lipinski definition) is 1. The second-order valence-electron chi connectivity index (χ2n) is 7.08. The van der Waals surface area contributed by atoms with Gasteiger partial charge in [0.25, 0.3) is 0 Å². The van der Waals surface area contributed by atoms with E-state index in [1.807, 2.05) is 19.9 Å². The molecule has 0 unspecified atom stereocenters. The normalized spacial score (nSPS) is 17.1. The molecule has 0 radical (unpaired) electrons. The molecule has 0 aliphatic heterocycles. The number of anilines is 1. The fourth-order valence-corrected chi connectivity index (χ4v) is 4.84. The van der Waals surface area contributed by atoms with Crippen LogP contribution in [0.4, 0.5) is 5.00 Å². The van der Waals surface area contributed by atoms with Gasteiger partial charge in [-0.1, -0.05) is 44.2 Å². The predicted molar refractivity (Wildman–Crippen MR) is 110 cm³/mol. The molecule has 1 aliphatic carbocycles. The van der Waals surface area contributed by atoms with Crippen molar-refractivity contribution in [3.05, 3.63) is 51.9 Å². The Morgan fingerprint density at radius 1 is 1.26 bits per heavy atom. The summed E-state index contributed by atoms with van der Waals surface area (Å²) in [6.45, 7) is 6.02. The zero-order chi connectivity index (χ0) is 19.4. The first kappa shape index (κ1) is 19.6. The summed E-state index contributed by atoms with van der Waals surface area (Å²) in [6.07, 6.45) is 3.50. The minimum absolute atomic E-state index is 0.0405. The van der Waals surface area contributed by atoms with Gasteiger partial charge in [-0.05, 0) is 49.7 Å². The van der Waals surface area contributed by atoms with Crippen LogP contribution >= 0.6 is 11.3 Å². The van der Waals surface area contributed by atoms with Crippen molar-refractivity contribution < 1.29 is 14.3 Å². The van der Waals surface area contributed by atoms with Gasteiger partial charge in [-0.2, -0.15) is 0 Å². The molecule has 0 bridgehead atoms. The van der Waals surface area contributed by atoms with E-state index in [0.29, 0.717) is 23.1 Å². The van der Waals surface area contributed by atoms with Crippen molar-refractivity contribution in [2.45, 2.75) is 52.4 Å². The SMILES string of the molecule is CCOC(=O)c1c(NC(=O)[C@H](C)CC)sc2c1CC[C@@H](c1ccccc1)C2. The number of fused-ring (bicyclic) bond motifs is 1. The van der Waals surface area contributed by atoms with Crippen LogP contribution < -0.4 is 5.32 Å². The summed E-state index contributed by atoms with van der Waals surface area (Å²) < 4.78 is 5.29. The number of nitrogens with one attached hydrogen (secondary N) is 1. The second kappa shape index (κ2) is 8.70. The number of carbonyl (C=O) groups is 2. The lowest BCUT2D eigenvalue weighted by Gasteiger charge is -2.23. The van der Waals surface area contributed by atoms with Crippen LogP contribution in [0, 0.1) is 5.92 Å². The topological polar surface area (TPSA) is 55.4 Å². The van der Waals surface area contributed by atoms with Gasteiger partial charge < -0.3 is 10.1 Å². The number of amides is 1. The Bertz CT molecular complexity index is 812. The van der Waals surface area contributed by atoms with Gasteiger partial charge in [-0.15, -0.1) is 11.3 Å². The molecule has 144 valence electrons. The van der Waals surface area contributed by atoms with E-state index >= 15 is 0 Å². The molecule has 2 atom stereocenters. The molecular weight excluding hydrogens is 358 g/mol. The van der Waals surface area contributed by atoms with E-state index < -0.39 is 0 Å². The lowest BCUT2D eigenvalue weighted by Crippen LogP contribution is -2.21. The number of ether oxygens (including phenoxy) is 1. The summed E-state index contributed by atoms with van der Waals surface area (Å²) in [4.78, 5) is 26.2. The highest BCUT2D eigenvalue weighted by atomic mass is 32.1. The largest absolute Gasteiger partial charge is 0.462 e. The van der Waals surface area contributed by atoms with Gasteiger partial charge in [0.15, 0.2) is 0 Å². The third-order valence-corrected chi connectivity index (χ3v) is 6.48. The molecule has 3 rings (SSSR count). The van der Waals surface area contributed by atoms with Crippen LogP contribution in [0.3, 0.4) is 0 Å². The van der Waals surface area contributed by atoms with E-state index in [0.717, 1.165) is 31.2 Å². The molecule has 0 saturated heterocycles. The number of thiophene rings is 1. The van der Waals surface area contributed by atoms with Crippen LogP contribution in [-0.4, -0.2) is 18.5 Å². The average Bonchev–Trinajstić information content (AvgIpc) is 3.05. The van der Waals surface area contributed by atoms with Crippen molar-refractivity contribution in [1.82, 2.24) is 0 Å². The summed E-state index contributed by atoms with van der Waals surface area (Å²) in [7, 11) is 0. The second-order valence-corrected chi connectivity index (χ2v) is 8.18. The van der Waals surface area contributed by atoms with Crippen LogP contribution in [0.5, 0.6) is 0 Å². The Morgan fingerprint density at radius 3 is 2.67 bits per heavy atom. The molecule has 5 heteroatoms. The Balaban J connectivity index is 1.92. The first-order chi connectivity index (χ1) is 13.0. The highest BCUT2D eigenvalue weighted by Gasteiger charge is 2.31. The summed E-state index contributed by atoms with van der Waals surface area (Å²) in [5.74, 6) is -0.00405. The zero-order valence-electron chi connectivity index (χ0n) is 16.2. The van der Waals surface area contributed by atoms with Crippen LogP contribution in [0.1, 0.15) is 65.9 Å². The van der Waals surface area contributed by atoms with Gasteiger partial charge in [-0.3, -0.25) is 4.79 Å². The predicted octanol–water partition coefficient (Wildman–Crippen LogP) is 5.18. The lowest BCUT2D eigenvalue weighted by molar-refractivity contribution is -0.119. The van der Waals surface area contributed by atoms with Crippen LogP contribution in [0.25, 0.3) is 0 Å². The highest BCUT2D eigenvalue weighted by molar-refractivity contribution is 7.17. The molecule has 0 fully saturated rings. The van der Waals surface area contributed by atoms with Gasteiger partial charge in [0.05, 0.1) is 12.2 Å². The van der Waals surface area contributed by atoms with Gasteiger partial charge >= 0.3 is 5.97 Å². The summed E-state index contributed by atoms with van der Waals surface area (Å²) in [5.41, 5.74) is 2.96. The Kier molecular flexibility index (Phi) is 6.32. The monoisotopic (exact) mass is 385 g/mol. The van der Waals surface area contributed by atoms with Gasteiger partial charge in [-0.25, -0.2) is 4.79 Å². The maximum Gasteiger partial charge on any atom is 0.341 e. The van der Waals surface area contributed by atoms with Gasteiger partial charge in [0.2, 0.25) is 5.91 Å². The van der Waals surface area contributed by atoms with Crippen LogP contribution in [0.15, 0.2) is 30.3 Å². The number of benzene rings is 1. The third-order valence-electron chi connectivity index (χ3n) is 5.31. The van der Waals surface area contributed by atoms with E-state index in [2.05, 4.69) is 29.6 Å². The molecule has 2 aromatic rings. The fraction of sp³-hybridized carbons (Fsp3) is 0.455.